The Labute approximate surface area is 182 Å². The van der Waals surface area contributed by atoms with E-state index in [-0.39, 0.29) is 11.9 Å². The molecule has 2 amide bonds. The van der Waals surface area contributed by atoms with Crippen molar-refractivity contribution in [2.45, 2.75) is 39.2 Å². The average Bonchev–Trinajstić information content (AvgIpc) is 3.19. The number of amides is 2. The maximum Gasteiger partial charge on any atom is 0.250 e. The van der Waals surface area contributed by atoms with Crippen LogP contribution in [0.5, 0.6) is 0 Å². The van der Waals surface area contributed by atoms with Crippen molar-refractivity contribution in [1.29, 1.82) is 0 Å². The van der Waals surface area contributed by atoms with Crippen molar-refractivity contribution in [3.05, 3.63) is 59.8 Å². The fraction of sp³-hybridized carbons (Fsp3) is 0.375. The number of hydrogen-bond donors (Lipinski definition) is 3. The molecule has 7 heteroatoms. The molecule has 1 aromatic heterocycles. The van der Waals surface area contributed by atoms with Gasteiger partial charge in [0.15, 0.2) is 0 Å². The Morgan fingerprint density at radius 3 is 2.55 bits per heavy atom. The van der Waals surface area contributed by atoms with E-state index in [2.05, 4.69) is 15.7 Å². The first-order chi connectivity index (χ1) is 14.8. The van der Waals surface area contributed by atoms with Crippen LogP contribution < -0.4 is 16.4 Å². The van der Waals surface area contributed by atoms with Crippen molar-refractivity contribution in [3.63, 3.8) is 0 Å². The number of hydrogen-bond acceptors (Lipinski definition) is 4. The van der Waals surface area contributed by atoms with E-state index in [0.717, 1.165) is 42.6 Å². The van der Waals surface area contributed by atoms with Crippen molar-refractivity contribution >= 4 is 22.7 Å². The SMILES string of the molecule is CC(C)(Cc1ccc(-n2cc3cccc(C(N)=O)c3n2)cc1)C(=O)NC1CCNCC1. The monoisotopic (exact) mass is 419 g/mol. The van der Waals surface area contributed by atoms with Crippen LogP contribution in [0.2, 0.25) is 0 Å². The van der Waals surface area contributed by atoms with Crippen molar-refractivity contribution < 1.29 is 9.59 Å². The van der Waals surface area contributed by atoms with E-state index < -0.39 is 11.3 Å². The lowest BCUT2D eigenvalue weighted by Crippen LogP contribution is -2.47. The van der Waals surface area contributed by atoms with Gasteiger partial charge in [0.25, 0.3) is 5.91 Å². The van der Waals surface area contributed by atoms with Crippen LogP contribution in [0.15, 0.2) is 48.7 Å². The summed E-state index contributed by atoms with van der Waals surface area (Å²) in [5.74, 6) is -0.392. The summed E-state index contributed by atoms with van der Waals surface area (Å²) in [7, 11) is 0. The van der Waals surface area contributed by atoms with E-state index in [1.807, 2.05) is 50.4 Å². The van der Waals surface area contributed by atoms with Crippen molar-refractivity contribution in [2.75, 3.05) is 13.1 Å². The van der Waals surface area contributed by atoms with Gasteiger partial charge in [-0.05, 0) is 56.1 Å². The van der Waals surface area contributed by atoms with Gasteiger partial charge in [0.05, 0.1) is 11.3 Å². The topological polar surface area (TPSA) is 102 Å². The zero-order valence-corrected chi connectivity index (χ0v) is 18.0. The van der Waals surface area contributed by atoms with Gasteiger partial charge in [-0.15, -0.1) is 0 Å². The number of primary amides is 1. The van der Waals surface area contributed by atoms with Crippen LogP contribution in [-0.2, 0) is 11.2 Å². The quantitative estimate of drug-likeness (QED) is 0.571. The molecule has 4 N–H and O–H groups in total. The number of nitrogens with zero attached hydrogens (tertiary/aromatic N) is 2. The number of benzene rings is 2. The standard InChI is InChI=1S/C24H29N5O2/c1-24(2,23(31)27-18-10-12-26-13-11-18)14-16-6-8-19(9-7-16)29-15-17-4-3-5-20(22(25)30)21(17)28-29/h3-9,15,18,26H,10-14H2,1-2H3,(H2,25,30)(H,27,31). The molecule has 3 aromatic rings. The summed E-state index contributed by atoms with van der Waals surface area (Å²) in [5, 5.41) is 11.9. The highest BCUT2D eigenvalue weighted by Crippen LogP contribution is 2.25. The predicted octanol–water partition coefficient (Wildman–Crippen LogP) is 2.56. The predicted molar refractivity (Wildman–Crippen MR) is 121 cm³/mol. The van der Waals surface area contributed by atoms with Crippen LogP contribution in [0.1, 0.15) is 42.6 Å². The Hall–Kier alpha value is -3.19. The number of piperidine rings is 1. The number of nitrogens with two attached hydrogens (primary N) is 1. The Morgan fingerprint density at radius 2 is 1.87 bits per heavy atom. The van der Waals surface area contributed by atoms with Gasteiger partial charge in [-0.3, -0.25) is 9.59 Å². The van der Waals surface area contributed by atoms with E-state index in [0.29, 0.717) is 17.5 Å². The molecule has 0 radical (unpaired) electrons. The van der Waals surface area contributed by atoms with Crippen molar-refractivity contribution in [1.82, 2.24) is 20.4 Å². The smallest absolute Gasteiger partial charge is 0.250 e. The third kappa shape index (κ3) is 4.61. The molecule has 0 aliphatic carbocycles. The van der Waals surface area contributed by atoms with Crippen LogP contribution in [0.4, 0.5) is 0 Å². The number of nitrogens with one attached hydrogen (secondary N) is 2. The summed E-state index contributed by atoms with van der Waals surface area (Å²) >= 11 is 0. The Bertz CT molecular complexity index is 1090. The summed E-state index contributed by atoms with van der Waals surface area (Å²) in [5.41, 5.74) is 7.94. The van der Waals surface area contributed by atoms with Crippen molar-refractivity contribution in [2.24, 2.45) is 11.1 Å². The van der Waals surface area contributed by atoms with Gasteiger partial charge in [0.2, 0.25) is 5.91 Å². The molecule has 1 aliphatic rings. The number of carbonyl (C=O) groups excluding carboxylic acids is 2. The molecule has 162 valence electrons. The second kappa shape index (κ2) is 8.51. The van der Waals surface area contributed by atoms with Crippen LogP contribution in [0.25, 0.3) is 16.6 Å². The average molecular weight is 420 g/mol. The lowest BCUT2D eigenvalue weighted by Gasteiger charge is -2.29. The molecule has 1 aliphatic heterocycles. The zero-order chi connectivity index (χ0) is 22.0. The first-order valence-electron chi connectivity index (χ1n) is 10.7. The van der Waals surface area contributed by atoms with Crippen molar-refractivity contribution in [3.8, 4) is 5.69 Å². The third-order valence-electron chi connectivity index (χ3n) is 5.94. The molecule has 7 nitrogen and oxygen atoms in total. The zero-order valence-electron chi connectivity index (χ0n) is 18.0. The highest BCUT2D eigenvalue weighted by atomic mass is 16.2. The minimum absolute atomic E-state index is 0.0979. The number of carbonyl (C=O) groups is 2. The molecule has 2 heterocycles. The van der Waals surface area contributed by atoms with Gasteiger partial charge in [-0.1, -0.05) is 38.1 Å². The van der Waals surface area contributed by atoms with Gasteiger partial charge >= 0.3 is 0 Å². The van der Waals surface area contributed by atoms with Gasteiger partial charge in [0.1, 0.15) is 5.52 Å². The molecule has 0 atom stereocenters. The fourth-order valence-electron chi connectivity index (χ4n) is 4.08. The molecule has 0 saturated carbocycles. The lowest BCUT2D eigenvalue weighted by atomic mass is 9.84. The summed E-state index contributed by atoms with van der Waals surface area (Å²) in [6.07, 6.45) is 4.49. The summed E-state index contributed by atoms with van der Waals surface area (Å²) in [6, 6.07) is 13.7. The molecule has 0 unspecified atom stereocenters. The number of aromatic nitrogens is 2. The third-order valence-corrected chi connectivity index (χ3v) is 5.94. The van der Waals surface area contributed by atoms with Crippen LogP contribution in [-0.4, -0.2) is 40.7 Å². The van der Waals surface area contributed by atoms with E-state index in [1.54, 1.807) is 16.8 Å². The maximum absolute atomic E-state index is 12.8. The Balaban J connectivity index is 1.48. The molecule has 31 heavy (non-hydrogen) atoms. The minimum Gasteiger partial charge on any atom is -0.366 e. The summed E-state index contributed by atoms with van der Waals surface area (Å²) in [6.45, 7) is 5.89. The highest BCUT2D eigenvalue weighted by Gasteiger charge is 2.30. The molecule has 0 spiro atoms. The highest BCUT2D eigenvalue weighted by molar-refractivity contribution is 6.04. The Kier molecular flexibility index (Phi) is 5.78. The normalized spacial score (nSPS) is 15.2. The molecule has 1 fully saturated rings. The van der Waals surface area contributed by atoms with Crippen LogP contribution in [0, 0.1) is 5.41 Å². The molecule has 0 bridgehead atoms. The molecular weight excluding hydrogens is 390 g/mol. The fourth-order valence-corrected chi connectivity index (χ4v) is 4.08. The van der Waals surface area contributed by atoms with E-state index in [4.69, 9.17) is 5.73 Å². The minimum atomic E-state index is -0.497. The van der Waals surface area contributed by atoms with Crippen LogP contribution in [0.3, 0.4) is 0 Å². The molecular formula is C24H29N5O2. The first-order valence-corrected chi connectivity index (χ1v) is 10.7. The second-order valence-electron chi connectivity index (χ2n) is 8.91. The van der Waals surface area contributed by atoms with Gasteiger partial charge < -0.3 is 16.4 Å². The molecule has 4 rings (SSSR count). The second-order valence-corrected chi connectivity index (χ2v) is 8.91. The summed E-state index contributed by atoms with van der Waals surface area (Å²) < 4.78 is 1.75. The Morgan fingerprint density at radius 1 is 1.16 bits per heavy atom. The van der Waals surface area contributed by atoms with Crippen LogP contribution >= 0.6 is 0 Å². The number of fused-ring (bicyclic) bond motifs is 1. The van der Waals surface area contributed by atoms with Gasteiger partial charge in [0, 0.05) is 23.0 Å². The van der Waals surface area contributed by atoms with E-state index in [9.17, 15) is 9.59 Å². The largest absolute Gasteiger partial charge is 0.366 e. The lowest BCUT2D eigenvalue weighted by molar-refractivity contribution is -0.130. The van der Waals surface area contributed by atoms with Gasteiger partial charge in [-0.2, -0.15) is 5.10 Å². The summed E-state index contributed by atoms with van der Waals surface area (Å²) in [4.78, 5) is 24.5. The van der Waals surface area contributed by atoms with Gasteiger partial charge in [-0.25, -0.2) is 4.68 Å². The molecule has 2 aromatic carbocycles. The maximum atomic E-state index is 12.8. The molecule has 1 saturated heterocycles. The first kappa shape index (κ1) is 21.1. The van der Waals surface area contributed by atoms with E-state index >= 15 is 0 Å². The number of rotatable bonds is 6. The van der Waals surface area contributed by atoms with E-state index in [1.165, 1.54) is 0 Å².